The van der Waals surface area contributed by atoms with Crippen molar-refractivity contribution in [3.63, 3.8) is 0 Å². The zero-order valence-corrected chi connectivity index (χ0v) is 20.1. The molecular weight excluding hydrogens is 460 g/mol. The zero-order valence-electron chi connectivity index (χ0n) is 19.3. The van der Waals surface area contributed by atoms with Gasteiger partial charge in [-0.15, -0.1) is 11.3 Å². The lowest BCUT2D eigenvalue weighted by Crippen LogP contribution is -2.42. The van der Waals surface area contributed by atoms with Gasteiger partial charge in [0.05, 0.1) is 29.5 Å². The van der Waals surface area contributed by atoms with Crippen LogP contribution in [0.1, 0.15) is 15.4 Å². The highest BCUT2D eigenvalue weighted by atomic mass is 32.1. The van der Waals surface area contributed by atoms with E-state index in [1.54, 1.807) is 18.4 Å². The van der Waals surface area contributed by atoms with Crippen LogP contribution in [0.25, 0.3) is 22.4 Å². The number of Topliss-reactive ketones (excluding diaryl/α,β-unsaturated/α-hetero) is 1. The number of fused-ring (bicyclic) bond motifs is 1. The van der Waals surface area contributed by atoms with Crippen LogP contribution in [0, 0.1) is 0 Å². The van der Waals surface area contributed by atoms with Crippen LogP contribution in [0.5, 0.6) is 5.75 Å². The topological polar surface area (TPSA) is 68.7 Å². The van der Waals surface area contributed by atoms with Gasteiger partial charge in [-0.1, -0.05) is 54.6 Å². The van der Waals surface area contributed by atoms with Crippen LogP contribution in [0.3, 0.4) is 0 Å². The van der Waals surface area contributed by atoms with Crippen molar-refractivity contribution in [2.75, 3.05) is 31.8 Å². The van der Waals surface area contributed by atoms with Gasteiger partial charge < -0.3 is 9.47 Å². The third-order valence-electron chi connectivity index (χ3n) is 5.89. The van der Waals surface area contributed by atoms with Crippen molar-refractivity contribution in [1.29, 1.82) is 0 Å². The summed E-state index contributed by atoms with van der Waals surface area (Å²) in [5.74, 6) is 0.199. The fourth-order valence-corrected chi connectivity index (χ4v) is 4.79. The van der Waals surface area contributed by atoms with Crippen LogP contribution in [-0.4, -0.2) is 43.5 Å². The molecule has 0 spiro atoms. The second kappa shape index (κ2) is 10.2. The van der Waals surface area contributed by atoms with Crippen LogP contribution in [-0.2, 0) is 16.0 Å². The van der Waals surface area contributed by atoms with E-state index >= 15 is 0 Å². The monoisotopic (exact) mass is 484 g/mol. The normalized spacial score (nSPS) is 12.8. The number of hydrogen-bond donors (Lipinski definition) is 0. The molecule has 0 N–H and O–H groups in total. The minimum Gasteiger partial charge on any atom is -0.482 e. The van der Waals surface area contributed by atoms with Gasteiger partial charge in [0, 0.05) is 30.0 Å². The van der Waals surface area contributed by atoms with E-state index < -0.39 is 0 Å². The Morgan fingerprint density at radius 1 is 1.03 bits per heavy atom. The van der Waals surface area contributed by atoms with Gasteiger partial charge in [-0.2, -0.15) is 0 Å². The summed E-state index contributed by atoms with van der Waals surface area (Å²) in [7, 11) is 1.67. The lowest BCUT2D eigenvalue weighted by Gasteiger charge is -2.29. The Hall–Kier alpha value is -3.81. The van der Waals surface area contributed by atoms with E-state index in [1.165, 1.54) is 4.90 Å². The Morgan fingerprint density at radius 3 is 2.54 bits per heavy atom. The van der Waals surface area contributed by atoms with Gasteiger partial charge in [0.25, 0.3) is 5.91 Å². The number of anilines is 1. The molecule has 176 valence electrons. The number of nitrogens with zero attached hydrogens (tertiary/aromatic N) is 2. The first-order chi connectivity index (χ1) is 17.1. The molecule has 5 rings (SSSR count). The Kier molecular flexibility index (Phi) is 6.70. The molecule has 1 aliphatic heterocycles. The number of amides is 1. The number of hydrogen-bond acceptors (Lipinski definition) is 6. The molecular formula is C28H24N2O4S. The molecule has 0 saturated carbocycles. The van der Waals surface area contributed by atoms with Crippen LogP contribution in [0.4, 0.5) is 5.69 Å². The minimum absolute atomic E-state index is 0.0561. The average molecular weight is 485 g/mol. The van der Waals surface area contributed by atoms with Crippen LogP contribution in [0.2, 0.25) is 0 Å². The summed E-state index contributed by atoms with van der Waals surface area (Å²) >= 11 is 1.57. The first kappa shape index (κ1) is 23.0. The van der Waals surface area contributed by atoms with Crippen molar-refractivity contribution in [2.24, 2.45) is 0 Å². The fourth-order valence-electron chi connectivity index (χ4n) is 4.00. The third kappa shape index (κ3) is 5.01. The van der Waals surface area contributed by atoms with Gasteiger partial charge in [0.2, 0.25) is 0 Å². The SMILES string of the molecule is COCCc1nc(-c2ccc3c(c2)N(CC(=O)c2ccc(-c4ccccc4)cc2)C(=O)CO3)cs1. The Balaban J connectivity index is 1.37. The first-order valence-electron chi connectivity index (χ1n) is 11.3. The van der Waals surface area contributed by atoms with Gasteiger partial charge >= 0.3 is 0 Å². The summed E-state index contributed by atoms with van der Waals surface area (Å²) < 4.78 is 10.8. The van der Waals surface area contributed by atoms with Crippen molar-refractivity contribution >= 4 is 28.7 Å². The van der Waals surface area contributed by atoms with E-state index in [2.05, 4.69) is 4.98 Å². The van der Waals surface area contributed by atoms with Gasteiger partial charge in [-0.25, -0.2) is 4.98 Å². The lowest BCUT2D eigenvalue weighted by atomic mass is 10.0. The highest BCUT2D eigenvalue weighted by Gasteiger charge is 2.28. The maximum Gasteiger partial charge on any atom is 0.265 e. The minimum atomic E-state index is -0.247. The van der Waals surface area contributed by atoms with Crippen molar-refractivity contribution < 1.29 is 19.1 Å². The molecule has 0 saturated heterocycles. The third-order valence-corrected chi connectivity index (χ3v) is 6.79. The van der Waals surface area contributed by atoms with E-state index in [9.17, 15) is 9.59 Å². The summed E-state index contributed by atoms with van der Waals surface area (Å²) in [6.45, 7) is 0.464. The summed E-state index contributed by atoms with van der Waals surface area (Å²) in [6.07, 6.45) is 0.747. The number of ether oxygens (including phenoxy) is 2. The number of methoxy groups -OCH3 is 1. The number of aromatic nitrogens is 1. The van der Waals surface area contributed by atoms with E-state index in [-0.39, 0.29) is 24.8 Å². The average Bonchev–Trinajstić information content (AvgIpc) is 3.38. The molecule has 3 aromatic carbocycles. The van der Waals surface area contributed by atoms with E-state index in [4.69, 9.17) is 9.47 Å². The summed E-state index contributed by atoms with van der Waals surface area (Å²) in [5, 5.41) is 2.97. The van der Waals surface area contributed by atoms with Gasteiger partial charge in [0.1, 0.15) is 5.75 Å². The number of benzene rings is 3. The maximum atomic E-state index is 13.1. The quantitative estimate of drug-likeness (QED) is 0.319. The van der Waals surface area contributed by atoms with Gasteiger partial charge in [0.15, 0.2) is 12.4 Å². The standard InChI is InChI=1S/C28H24N2O4S/c1-33-14-13-27-29-23(18-35-27)22-11-12-26-24(15-22)30(28(32)17-34-26)16-25(31)21-9-7-20(8-10-21)19-5-3-2-4-6-19/h2-12,15,18H,13-14,16-17H2,1H3. The smallest absolute Gasteiger partial charge is 0.265 e. The number of carbonyl (C=O) groups is 2. The fraction of sp³-hybridized carbons (Fsp3) is 0.179. The molecule has 1 aromatic heterocycles. The second-order valence-electron chi connectivity index (χ2n) is 8.19. The molecule has 0 unspecified atom stereocenters. The summed E-state index contributed by atoms with van der Waals surface area (Å²) in [6, 6.07) is 23.1. The zero-order chi connectivity index (χ0) is 24.2. The van der Waals surface area contributed by atoms with Crippen molar-refractivity contribution in [3.05, 3.63) is 88.7 Å². The van der Waals surface area contributed by atoms with Crippen LogP contribution in [0.15, 0.2) is 78.2 Å². The Morgan fingerprint density at radius 2 is 1.77 bits per heavy atom. The molecule has 0 radical (unpaired) electrons. The molecule has 0 atom stereocenters. The molecule has 2 heterocycles. The Labute approximate surface area is 207 Å². The van der Waals surface area contributed by atoms with E-state index in [1.807, 2.05) is 78.2 Å². The second-order valence-corrected chi connectivity index (χ2v) is 9.13. The Bertz CT molecular complexity index is 1350. The molecule has 0 aliphatic carbocycles. The number of rotatable bonds is 8. The molecule has 7 heteroatoms. The molecule has 4 aromatic rings. The molecule has 6 nitrogen and oxygen atoms in total. The van der Waals surface area contributed by atoms with Crippen molar-refractivity contribution in [1.82, 2.24) is 4.98 Å². The number of carbonyl (C=O) groups excluding carboxylic acids is 2. The van der Waals surface area contributed by atoms with E-state index in [0.29, 0.717) is 23.6 Å². The highest BCUT2D eigenvalue weighted by molar-refractivity contribution is 7.09. The van der Waals surface area contributed by atoms with Gasteiger partial charge in [-0.3, -0.25) is 14.5 Å². The molecule has 0 bridgehead atoms. The molecule has 0 fully saturated rings. The molecule has 35 heavy (non-hydrogen) atoms. The van der Waals surface area contributed by atoms with E-state index in [0.717, 1.165) is 33.8 Å². The molecule has 1 amide bonds. The largest absolute Gasteiger partial charge is 0.482 e. The predicted molar refractivity (Wildman–Crippen MR) is 137 cm³/mol. The van der Waals surface area contributed by atoms with Gasteiger partial charge in [-0.05, 0) is 29.3 Å². The van der Waals surface area contributed by atoms with Crippen molar-refractivity contribution in [3.8, 4) is 28.1 Å². The summed E-state index contributed by atoms with van der Waals surface area (Å²) in [5.41, 5.74) is 4.95. The maximum absolute atomic E-state index is 13.1. The van der Waals surface area contributed by atoms with Crippen molar-refractivity contribution in [2.45, 2.75) is 6.42 Å². The molecule has 1 aliphatic rings. The number of ketones is 1. The number of thiazole rings is 1. The van der Waals surface area contributed by atoms with Crippen LogP contribution >= 0.6 is 11.3 Å². The first-order valence-corrected chi connectivity index (χ1v) is 12.2. The van der Waals surface area contributed by atoms with Crippen LogP contribution < -0.4 is 9.64 Å². The highest BCUT2D eigenvalue weighted by Crippen LogP contribution is 2.36. The predicted octanol–water partition coefficient (Wildman–Crippen LogP) is 5.27. The summed E-state index contributed by atoms with van der Waals surface area (Å²) in [4.78, 5) is 32.1. The lowest BCUT2D eigenvalue weighted by molar-refractivity contribution is -0.121.